The molecule has 166 valence electrons. The molecule has 29 heavy (non-hydrogen) atoms. The molecular formula is C19H26F4O6. The smallest absolute Gasteiger partial charge is 0.377 e. The molecule has 5 unspecified atom stereocenters. The first kappa shape index (κ1) is 22.3. The Kier molecular flexibility index (Phi) is 5.02. The summed E-state index contributed by atoms with van der Waals surface area (Å²) in [5.74, 6) is -12.5. The molecule has 0 aromatic carbocycles. The Labute approximate surface area is 166 Å². The molecule has 5 atom stereocenters. The lowest BCUT2D eigenvalue weighted by Crippen LogP contribution is -2.57. The van der Waals surface area contributed by atoms with Crippen molar-refractivity contribution in [3.8, 4) is 0 Å². The van der Waals surface area contributed by atoms with E-state index in [0.29, 0.717) is 26.7 Å². The highest BCUT2D eigenvalue weighted by atomic mass is 19.3. The van der Waals surface area contributed by atoms with Gasteiger partial charge in [-0.2, -0.15) is 17.6 Å². The highest BCUT2D eigenvalue weighted by Crippen LogP contribution is 2.72. The number of hydrogen-bond donors (Lipinski definition) is 0. The van der Waals surface area contributed by atoms with E-state index in [1.54, 1.807) is 0 Å². The van der Waals surface area contributed by atoms with Crippen molar-refractivity contribution in [3.63, 3.8) is 0 Å². The standard InChI is InChI=1S/C19H26F4O6/c1-15(2)11-6-7-16(15,3)19(12(11)28-14(25)18(5,22)23)27-9-10(29-19)8-26-13(24)17(4,20)21/h10-12H,6-9H2,1-5H3. The second-order valence-corrected chi connectivity index (χ2v) is 9.12. The Hall–Kier alpha value is -1.42. The van der Waals surface area contributed by atoms with Gasteiger partial charge in [-0.3, -0.25) is 0 Å². The van der Waals surface area contributed by atoms with Crippen molar-refractivity contribution in [2.45, 2.75) is 77.3 Å². The van der Waals surface area contributed by atoms with Gasteiger partial charge in [-0.05, 0) is 18.3 Å². The van der Waals surface area contributed by atoms with Gasteiger partial charge >= 0.3 is 23.8 Å². The van der Waals surface area contributed by atoms with Crippen LogP contribution >= 0.6 is 0 Å². The van der Waals surface area contributed by atoms with E-state index in [1.165, 1.54) is 0 Å². The highest BCUT2D eigenvalue weighted by Gasteiger charge is 2.79. The third-order valence-electron chi connectivity index (χ3n) is 6.99. The zero-order chi connectivity index (χ0) is 22.0. The summed E-state index contributed by atoms with van der Waals surface area (Å²) < 4.78 is 74.7. The molecule has 1 saturated heterocycles. The molecule has 2 aliphatic carbocycles. The van der Waals surface area contributed by atoms with E-state index < -0.39 is 59.2 Å². The van der Waals surface area contributed by atoms with Crippen LogP contribution in [-0.2, 0) is 28.5 Å². The third-order valence-corrected chi connectivity index (χ3v) is 6.99. The number of carbonyl (C=O) groups excluding carboxylic acids is 2. The van der Waals surface area contributed by atoms with Crippen molar-refractivity contribution in [3.05, 3.63) is 0 Å². The first-order valence-corrected chi connectivity index (χ1v) is 9.52. The fourth-order valence-electron chi connectivity index (χ4n) is 5.00. The summed E-state index contributed by atoms with van der Waals surface area (Å²) in [5, 5.41) is 0. The fraction of sp³-hybridized carbons (Fsp3) is 0.895. The lowest BCUT2D eigenvalue weighted by molar-refractivity contribution is -0.292. The number of alkyl halides is 4. The number of ether oxygens (including phenoxy) is 4. The molecule has 3 rings (SSSR count). The lowest BCUT2D eigenvalue weighted by atomic mass is 9.68. The van der Waals surface area contributed by atoms with Gasteiger partial charge in [-0.25, -0.2) is 9.59 Å². The van der Waals surface area contributed by atoms with Crippen LogP contribution in [0.3, 0.4) is 0 Å². The van der Waals surface area contributed by atoms with Crippen LogP contribution in [0, 0.1) is 16.7 Å². The molecule has 3 aliphatic rings. The van der Waals surface area contributed by atoms with E-state index in [-0.39, 0.29) is 12.5 Å². The molecule has 0 aromatic rings. The van der Waals surface area contributed by atoms with Gasteiger partial charge in [0.25, 0.3) is 0 Å². The van der Waals surface area contributed by atoms with Crippen molar-refractivity contribution in [2.75, 3.05) is 13.2 Å². The van der Waals surface area contributed by atoms with E-state index in [0.717, 1.165) is 0 Å². The van der Waals surface area contributed by atoms with Gasteiger partial charge in [0.2, 0.25) is 5.79 Å². The van der Waals surface area contributed by atoms with Crippen LogP contribution in [0.5, 0.6) is 0 Å². The van der Waals surface area contributed by atoms with Crippen LogP contribution < -0.4 is 0 Å². The second-order valence-electron chi connectivity index (χ2n) is 9.12. The summed E-state index contributed by atoms with van der Waals surface area (Å²) in [6, 6.07) is 0. The minimum absolute atomic E-state index is 0.114. The normalized spacial score (nSPS) is 38.4. The van der Waals surface area contributed by atoms with Crippen molar-refractivity contribution in [1.82, 2.24) is 0 Å². The molecule has 0 aromatic heterocycles. The van der Waals surface area contributed by atoms with Crippen molar-refractivity contribution >= 4 is 11.9 Å². The molecule has 1 heterocycles. The van der Waals surface area contributed by atoms with Gasteiger partial charge in [0.05, 0.1) is 6.61 Å². The van der Waals surface area contributed by atoms with E-state index in [1.807, 2.05) is 20.8 Å². The highest BCUT2D eigenvalue weighted by molar-refractivity contribution is 5.77. The van der Waals surface area contributed by atoms with Gasteiger partial charge in [-0.1, -0.05) is 20.8 Å². The molecule has 0 N–H and O–H groups in total. The van der Waals surface area contributed by atoms with Crippen LogP contribution in [0.25, 0.3) is 0 Å². The molecule has 6 nitrogen and oxygen atoms in total. The van der Waals surface area contributed by atoms with Crippen LogP contribution in [0.4, 0.5) is 17.6 Å². The lowest BCUT2D eigenvalue weighted by Gasteiger charge is -2.46. The summed E-state index contributed by atoms with van der Waals surface area (Å²) in [5.41, 5.74) is -1.16. The predicted molar refractivity (Wildman–Crippen MR) is 90.2 cm³/mol. The van der Waals surface area contributed by atoms with Gasteiger partial charge in [0, 0.05) is 25.2 Å². The summed E-state index contributed by atoms with van der Waals surface area (Å²) in [6.07, 6.45) is -0.715. The molecule has 0 amide bonds. The summed E-state index contributed by atoms with van der Waals surface area (Å²) in [4.78, 5) is 23.2. The number of rotatable bonds is 5. The third kappa shape index (κ3) is 3.22. The topological polar surface area (TPSA) is 71.1 Å². The largest absolute Gasteiger partial charge is 0.458 e. The van der Waals surface area contributed by atoms with E-state index in [4.69, 9.17) is 14.2 Å². The van der Waals surface area contributed by atoms with Crippen LogP contribution in [0.2, 0.25) is 0 Å². The monoisotopic (exact) mass is 426 g/mol. The van der Waals surface area contributed by atoms with E-state index in [2.05, 4.69) is 4.74 Å². The second kappa shape index (κ2) is 6.54. The van der Waals surface area contributed by atoms with Crippen molar-refractivity contribution in [1.29, 1.82) is 0 Å². The van der Waals surface area contributed by atoms with Crippen molar-refractivity contribution in [2.24, 2.45) is 16.7 Å². The average molecular weight is 426 g/mol. The molecule has 0 radical (unpaired) electrons. The minimum atomic E-state index is -3.69. The van der Waals surface area contributed by atoms with Crippen LogP contribution in [0.15, 0.2) is 0 Å². The Morgan fingerprint density at radius 2 is 1.66 bits per heavy atom. The summed E-state index contributed by atoms with van der Waals surface area (Å²) in [7, 11) is 0. The maximum absolute atomic E-state index is 13.5. The SMILES string of the molecule is CC(F)(F)C(=O)OCC1COC2(O1)C(OC(=O)C(C)(F)F)C1CCC2(C)C1(C)C. The molecule has 10 heteroatoms. The molecule has 1 aliphatic heterocycles. The maximum atomic E-state index is 13.5. The summed E-state index contributed by atoms with van der Waals surface area (Å²) in [6.45, 7) is 6.01. The molecule has 1 spiro atoms. The maximum Gasteiger partial charge on any atom is 0.377 e. The Balaban J connectivity index is 1.83. The molecule has 2 bridgehead atoms. The first-order valence-electron chi connectivity index (χ1n) is 9.52. The van der Waals surface area contributed by atoms with Crippen LogP contribution in [-0.4, -0.2) is 55.0 Å². The Morgan fingerprint density at radius 3 is 2.21 bits per heavy atom. The minimum Gasteiger partial charge on any atom is -0.458 e. The quantitative estimate of drug-likeness (QED) is 0.496. The molecular weight excluding hydrogens is 400 g/mol. The van der Waals surface area contributed by atoms with Crippen molar-refractivity contribution < 1.29 is 46.1 Å². The number of halogens is 4. The molecule has 3 fully saturated rings. The zero-order valence-corrected chi connectivity index (χ0v) is 17.0. The summed E-state index contributed by atoms with van der Waals surface area (Å²) >= 11 is 0. The Morgan fingerprint density at radius 1 is 1.07 bits per heavy atom. The first-order chi connectivity index (χ1) is 13.1. The van der Waals surface area contributed by atoms with E-state index in [9.17, 15) is 27.2 Å². The fourth-order valence-corrected chi connectivity index (χ4v) is 5.00. The van der Waals surface area contributed by atoms with Gasteiger partial charge in [0.15, 0.2) is 6.10 Å². The van der Waals surface area contributed by atoms with Gasteiger partial charge in [-0.15, -0.1) is 0 Å². The van der Waals surface area contributed by atoms with Crippen LogP contribution in [0.1, 0.15) is 47.5 Å². The van der Waals surface area contributed by atoms with E-state index >= 15 is 0 Å². The van der Waals surface area contributed by atoms with Gasteiger partial charge in [0.1, 0.15) is 12.7 Å². The zero-order valence-electron chi connectivity index (χ0n) is 17.0. The number of fused-ring (bicyclic) bond motifs is 3. The average Bonchev–Trinajstić information content (AvgIpc) is 3.13. The van der Waals surface area contributed by atoms with Gasteiger partial charge < -0.3 is 18.9 Å². The number of esters is 2. The Bertz CT molecular complexity index is 700. The number of hydrogen-bond acceptors (Lipinski definition) is 6. The number of carbonyl (C=O) groups is 2. The predicted octanol–water partition coefficient (Wildman–Crippen LogP) is 3.32. The molecule has 2 saturated carbocycles.